The zero-order valence-corrected chi connectivity index (χ0v) is 19.8. The third-order valence-corrected chi connectivity index (χ3v) is 7.28. The molecule has 7 heteroatoms. The third-order valence-electron chi connectivity index (χ3n) is 5.03. The molecule has 0 atom stereocenters. The molecular weight excluding hydrogens is 406 g/mol. The molecule has 0 aromatic heterocycles. The summed E-state index contributed by atoms with van der Waals surface area (Å²) in [5, 5.41) is 3.21. The van der Waals surface area contributed by atoms with Crippen LogP contribution in [-0.4, -0.2) is 35.9 Å². The second-order valence-corrected chi connectivity index (χ2v) is 13.3. The van der Waals surface area contributed by atoms with E-state index in [1.165, 1.54) is 23.8 Å². The fraction of sp³-hybridized carbons (Fsp3) is 0.455. The van der Waals surface area contributed by atoms with Crippen molar-refractivity contribution in [2.75, 3.05) is 24.4 Å². The van der Waals surface area contributed by atoms with Gasteiger partial charge in [0.2, 0.25) is 0 Å². The Morgan fingerprint density at radius 1 is 0.759 bits per heavy atom. The third kappa shape index (κ3) is 5.82. The number of hydrogen-bond donors (Lipinski definition) is 1. The minimum Gasteiger partial charge on any atom is -0.383 e. The van der Waals surface area contributed by atoms with E-state index in [1.807, 2.05) is 0 Å². The zero-order chi connectivity index (χ0) is 22.3. The van der Waals surface area contributed by atoms with Gasteiger partial charge in [-0.1, -0.05) is 58.9 Å². The molecule has 2 rings (SSSR count). The lowest BCUT2D eigenvalue weighted by Gasteiger charge is -2.28. The fourth-order valence-electron chi connectivity index (χ4n) is 3.03. The molecule has 5 nitrogen and oxygen atoms in total. The number of hydrogen-bond acceptors (Lipinski definition) is 5. The molecule has 160 valence electrons. The maximum atomic E-state index is 12.2. The van der Waals surface area contributed by atoms with Crippen molar-refractivity contribution in [2.45, 2.75) is 55.2 Å². The smallest absolute Gasteiger partial charge is 0.177 e. The molecule has 0 saturated carbocycles. The van der Waals surface area contributed by atoms with Crippen LogP contribution in [0.5, 0.6) is 0 Å². The molecule has 0 radical (unpaired) electrons. The number of nitrogens with one attached hydrogen (secondary N) is 1. The van der Waals surface area contributed by atoms with E-state index in [-0.39, 0.29) is 20.6 Å². The van der Waals surface area contributed by atoms with Crippen LogP contribution in [0.3, 0.4) is 0 Å². The molecule has 2 aromatic carbocycles. The van der Waals surface area contributed by atoms with Gasteiger partial charge in [0, 0.05) is 24.5 Å². The molecule has 0 bridgehead atoms. The second-order valence-electron chi connectivity index (χ2n) is 9.27. The van der Waals surface area contributed by atoms with Gasteiger partial charge < -0.3 is 5.32 Å². The summed E-state index contributed by atoms with van der Waals surface area (Å²) in [6.45, 7) is 11.2. The first-order chi connectivity index (χ1) is 13.0. The van der Waals surface area contributed by atoms with Crippen LogP contribution in [0.25, 0.3) is 0 Å². The second kappa shape index (κ2) is 7.76. The Bertz CT molecular complexity index is 1090. The predicted molar refractivity (Wildman–Crippen MR) is 119 cm³/mol. The average Bonchev–Trinajstić information content (AvgIpc) is 2.57. The van der Waals surface area contributed by atoms with Crippen molar-refractivity contribution in [3.63, 3.8) is 0 Å². The van der Waals surface area contributed by atoms with E-state index in [0.717, 1.165) is 18.1 Å². The molecular formula is C22H31NO4S2. The Morgan fingerprint density at radius 2 is 1.28 bits per heavy atom. The summed E-state index contributed by atoms with van der Waals surface area (Å²) in [6, 6.07) is 12.6. The summed E-state index contributed by atoms with van der Waals surface area (Å²) in [6.07, 6.45) is 2.14. The first kappa shape index (κ1) is 23.4. The Labute approximate surface area is 175 Å². The van der Waals surface area contributed by atoms with E-state index in [0.29, 0.717) is 12.2 Å². The monoisotopic (exact) mass is 437 g/mol. The van der Waals surface area contributed by atoms with Crippen LogP contribution in [0.15, 0.2) is 52.3 Å². The molecule has 0 amide bonds. The van der Waals surface area contributed by atoms with Crippen LogP contribution in [-0.2, 0) is 30.5 Å². The molecule has 0 heterocycles. The van der Waals surface area contributed by atoms with Gasteiger partial charge in [0.25, 0.3) is 0 Å². The van der Waals surface area contributed by atoms with Gasteiger partial charge in [-0.2, -0.15) is 0 Å². The molecule has 0 fully saturated rings. The van der Waals surface area contributed by atoms with Gasteiger partial charge in [0.1, 0.15) is 0 Å². The summed E-state index contributed by atoms with van der Waals surface area (Å²) in [5.74, 6) is 0. The van der Waals surface area contributed by atoms with Gasteiger partial charge in [-0.3, -0.25) is 0 Å². The predicted octanol–water partition coefficient (Wildman–Crippen LogP) is 4.18. The van der Waals surface area contributed by atoms with E-state index >= 15 is 0 Å². The van der Waals surface area contributed by atoms with Crippen LogP contribution in [0.4, 0.5) is 5.69 Å². The van der Waals surface area contributed by atoms with Crippen molar-refractivity contribution in [2.24, 2.45) is 0 Å². The molecule has 0 unspecified atom stereocenters. The SMILES string of the molecule is CC(C)(C)c1ccc(C(C)(C)CNc2ccc(S(C)(=O)=O)cc2S(C)(=O)=O)cc1. The van der Waals surface area contributed by atoms with Crippen molar-refractivity contribution >= 4 is 25.4 Å². The minimum absolute atomic E-state index is 0.0134. The van der Waals surface area contributed by atoms with Crippen molar-refractivity contribution in [1.29, 1.82) is 0 Å². The summed E-state index contributed by atoms with van der Waals surface area (Å²) >= 11 is 0. The molecule has 1 N–H and O–H groups in total. The quantitative estimate of drug-likeness (QED) is 0.733. The molecule has 0 aliphatic rings. The van der Waals surface area contributed by atoms with Gasteiger partial charge in [-0.05, 0) is 34.7 Å². The van der Waals surface area contributed by atoms with E-state index in [1.54, 1.807) is 0 Å². The normalized spacial score (nSPS) is 13.3. The first-order valence-electron chi connectivity index (χ1n) is 9.41. The highest BCUT2D eigenvalue weighted by molar-refractivity contribution is 7.91. The van der Waals surface area contributed by atoms with Gasteiger partial charge >= 0.3 is 0 Å². The highest BCUT2D eigenvalue weighted by Gasteiger charge is 2.24. The molecule has 29 heavy (non-hydrogen) atoms. The number of benzene rings is 2. The first-order valence-corrected chi connectivity index (χ1v) is 13.2. The minimum atomic E-state index is -3.60. The number of rotatable bonds is 6. The van der Waals surface area contributed by atoms with Crippen LogP contribution in [0.1, 0.15) is 45.7 Å². The van der Waals surface area contributed by atoms with E-state index in [9.17, 15) is 16.8 Å². The Morgan fingerprint density at radius 3 is 1.72 bits per heavy atom. The molecule has 0 aliphatic carbocycles. The molecule has 2 aromatic rings. The molecule has 0 aliphatic heterocycles. The summed E-state index contributed by atoms with van der Waals surface area (Å²) in [7, 11) is -7.09. The highest BCUT2D eigenvalue weighted by Crippen LogP contribution is 2.30. The van der Waals surface area contributed by atoms with Gasteiger partial charge in [0.05, 0.1) is 15.5 Å². The van der Waals surface area contributed by atoms with Gasteiger partial charge in [-0.25, -0.2) is 16.8 Å². The van der Waals surface area contributed by atoms with Crippen molar-refractivity contribution in [1.82, 2.24) is 0 Å². The van der Waals surface area contributed by atoms with E-state index in [4.69, 9.17) is 0 Å². The Balaban J connectivity index is 2.32. The van der Waals surface area contributed by atoms with Crippen LogP contribution in [0.2, 0.25) is 0 Å². The molecule has 0 saturated heterocycles. The van der Waals surface area contributed by atoms with Crippen LogP contribution in [0, 0.1) is 0 Å². The van der Waals surface area contributed by atoms with Crippen LogP contribution >= 0.6 is 0 Å². The lowest BCUT2D eigenvalue weighted by Crippen LogP contribution is -2.28. The van der Waals surface area contributed by atoms with Crippen LogP contribution < -0.4 is 5.32 Å². The van der Waals surface area contributed by atoms with Gasteiger partial charge in [0.15, 0.2) is 19.7 Å². The summed E-state index contributed by atoms with van der Waals surface area (Å²) in [5.41, 5.74) is 2.60. The lowest BCUT2D eigenvalue weighted by atomic mass is 9.81. The van der Waals surface area contributed by atoms with E-state index < -0.39 is 19.7 Å². The number of sulfone groups is 2. The summed E-state index contributed by atoms with van der Waals surface area (Å²) in [4.78, 5) is -0.0280. The lowest BCUT2D eigenvalue weighted by molar-refractivity contribution is 0.552. The number of anilines is 1. The maximum absolute atomic E-state index is 12.2. The Kier molecular flexibility index (Phi) is 6.27. The topological polar surface area (TPSA) is 80.3 Å². The standard InChI is InChI=1S/C22H31NO4S2/c1-21(2,3)16-8-10-17(11-9-16)22(4,5)15-23-19-13-12-18(28(6,24)25)14-20(19)29(7,26)27/h8-14,23H,15H2,1-7H3. The van der Waals surface area contributed by atoms with Crippen molar-refractivity contribution in [3.8, 4) is 0 Å². The fourth-order valence-corrected chi connectivity index (χ4v) is 4.63. The highest BCUT2D eigenvalue weighted by atomic mass is 32.2. The maximum Gasteiger partial charge on any atom is 0.177 e. The van der Waals surface area contributed by atoms with Gasteiger partial charge in [-0.15, -0.1) is 0 Å². The average molecular weight is 438 g/mol. The van der Waals surface area contributed by atoms with Crippen molar-refractivity contribution in [3.05, 3.63) is 53.6 Å². The zero-order valence-electron chi connectivity index (χ0n) is 18.2. The Hall–Kier alpha value is -1.86. The summed E-state index contributed by atoms with van der Waals surface area (Å²) < 4.78 is 48.1. The van der Waals surface area contributed by atoms with E-state index in [2.05, 4.69) is 64.2 Å². The largest absolute Gasteiger partial charge is 0.383 e. The molecule has 0 spiro atoms. The van der Waals surface area contributed by atoms with Crippen molar-refractivity contribution < 1.29 is 16.8 Å².